The van der Waals surface area contributed by atoms with Crippen LogP contribution in [0, 0.1) is 11.8 Å². The molecule has 164 valence electrons. The zero-order valence-corrected chi connectivity index (χ0v) is 18.1. The molecule has 3 aliphatic rings. The van der Waals surface area contributed by atoms with Gasteiger partial charge < -0.3 is 15.1 Å². The first-order chi connectivity index (χ1) is 14.8. The van der Waals surface area contributed by atoms with Gasteiger partial charge in [0.25, 0.3) is 0 Å². The van der Waals surface area contributed by atoms with Crippen LogP contribution < -0.4 is 0 Å². The molecule has 2 N–H and O–H groups in total. The lowest BCUT2D eigenvalue weighted by Crippen LogP contribution is -2.63. The lowest BCUT2D eigenvalue weighted by molar-refractivity contribution is -0.163. The van der Waals surface area contributed by atoms with E-state index < -0.39 is 18.0 Å². The number of fused-ring (bicyclic) bond motifs is 2. The van der Waals surface area contributed by atoms with Gasteiger partial charge in [0.2, 0.25) is 5.91 Å². The van der Waals surface area contributed by atoms with Crippen molar-refractivity contribution in [2.45, 2.75) is 38.8 Å². The minimum Gasteiger partial charge on any atom is -0.477 e. The van der Waals surface area contributed by atoms with Crippen LogP contribution in [0.4, 0.5) is 0 Å². The molecular weight excluding hydrogens is 420 g/mol. The molecule has 0 aromatic carbocycles. The van der Waals surface area contributed by atoms with Crippen molar-refractivity contribution in [1.29, 1.82) is 0 Å². The fraction of sp³-hybridized carbons (Fsp3) is 0.524. The number of nitrogens with zero attached hydrogens (tertiary/aromatic N) is 4. The SMILES string of the molecule is C[C@@H](O)[C@H]1C(=O)N2C(C(=O)O)=C(c3cn4cnc(C(=O)CN5CCCC5)c4s3)[C@H](C)[C@H]12. The largest absolute Gasteiger partial charge is 0.477 e. The first kappa shape index (κ1) is 20.3. The molecule has 2 aromatic heterocycles. The number of likely N-dealkylation sites (tertiary alicyclic amines) is 1. The summed E-state index contributed by atoms with van der Waals surface area (Å²) in [5.74, 6) is -2.41. The van der Waals surface area contributed by atoms with E-state index in [1.54, 1.807) is 23.8 Å². The second-order valence-corrected chi connectivity index (χ2v) is 9.66. The number of rotatable bonds is 6. The molecule has 0 unspecified atom stereocenters. The molecule has 9 nitrogen and oxygen atoms in total. The summed E-state index contributed by atoms with van der Waals surface area (Å²) < 4.78 is 1.75. The van der Waals surface area contributed by atoms with Crippen LogP contribution in [0.25, 0.3) is 10.4 Å². The number of carboxylic acids is 1. The molecule has 0 bridgehead atoms. The van der Waals surface area contributed by atoms with Gasteiger partial charge in [-0.1, -0.05) is 6.92 Å². The molecule has 1 amide bonds. The topological polar surface area (TPSA) is 115 Å². The molecule has 3 aliphatic heterocycles. The fourth-order valence-corrected chi connectivity index (χ4v) is 6.46. The van der Waals surface area contributed by atoms with Gasteiger partial charge in [0.05, 0.1) is 29.5 Å². The zero-order valence-electron chi connectivity index (χ0n) is 17.3. The summed E-state index contributed by atoms with van der Waals surface area (Å²) in [6.07, 6.45) is 4.71. The standard InChI is InChI=1S/C21H24N4O5S/c1-10-14(18(21(29)30)25-17(10)15(11(2)26)19(25)28)13-8-24-9-22-16(20(24)31-13)12(27)7-23-5-3-4-6-23/h8-11,15,17,26H,3-7H2,1-2H3,(H,29,30)/t10-,11+,15+,17+/m0/s1. The van der Waals surface area contributed by atoms with E-state index in [4.69, 9.17) is 0 Å². The van der Waals surface area contributed by atoms with Gasteiger partial charge in [0, 0.05) is 17.7 Å². The van der Waals surface area contributed by atoms with Crippen LogP contribution in [0.3, 0.4) is 0 Å². The van der Waals surface area contributed by atoms with E-state index in [0.29, 0.717) is 27.5 Å². The molecule has 0 spiro atoms. The van der Waals surface area contributed by atoms with Gasteiger partial charge in [0.15, 0.2) is 5.78 Å². The number of Topliss-reactive ketones (excluding diaryl/α,β-unsaturated/α-hetero) is 1. The van der Waals surface area contributed by atoms with Crippen LogP contribution in [0.15, 0.2) is 18.2 Å². The number of hydrogen-bond acceptors (Lipinski definition) is 7. The Morgan fingerprint density at radius 3 is 2.68 bits per heavy atom. The lowest BCUT2D eigenvalue weighted by atomic mass is 9.77. The van der Waals surface area contributed by atoms with Crippen LogP contribution in [0.1, 0.15) is 42.1 Å². The number of aliphatic carboxylic acids is 1. The van der Waals surface area contributed by atoms with Crippen molar-refractivity contribution in [3.8, 4) is 0 Å². The van der Waals surface area contributed by atoms with Crippen LogP contribution in [-0.2, 0) is 9.59 Å². The number of hydrogen-bond donors (Lipinski definition) is 2. The summed E-state index contributed by atoms with van der Waals surface area (Å²) in [5.41, 5.74) is 0.940. The lowest BCUT2D eigenvalue weighted by Gasteiger charge is -2.46. The molecular formula is C21H24N4O5S. The number of thiazole rings is 1. The van der Waals surface area contributed by atoms with Crippen LogP contribution in [-0.4, -0.2) is 78.8 Å². The zero-order chi connectivity index (χ0) is 22.0. The summed E-state index contributed by atoms with van der Waals surface area (Å²) in [4.78, 5) is 46.6. The third-order valence-corrected chi connectivity index (χ3v) is 7.82. The van der Waals surface area contributed by atoms with Gasteiger partial charge in [-0.2, -0.15) is 0 Å². The smallest absolute Gasteiger partial charge is 0.352 e. The third-order valence-electron chi connectivity index (χ3n) is 6.68. The summed E-state index contributed by atoms with van der Waals surface area (Å²) in [5, 5.41) is 19.9. The van der Waals surface area contributed by atoms with Crippen LogP contribution in [0.5, 0.6) is 0 Å². The Hall–Kier alpha value is -2.56. The monoisotopic (exact) mass is 444 g/mol. The van der Waals surface area contributed by atoms with Crippen molar-refractivity contribution >= 4 is 39.4 Å². The Morgan fingerprint density at radius 2 is 2.03 bits per heavy atom. The maximum Gasteiger partial charge on any atom is 0.352 e. The van der Waals surface area contributed by atoms with E-state index in [0.717, 1.165) is 25.9 Å². The Balaban J connectivity index is 1.52. The number of ketones is 1. The van der Waals surface area contributed by atoms with E-state index in [2.05, 4.69) is 9.88 Å². The third kappa shape index (κ3) is 2.96. The highest BCUT2D eigenvalue weighted by Crippen LogP contribution is 2.51. The van der Waals surface area contributed by atoms with E-state index >= 15 is 0 Å². The number of β-lactam (4-membered cyclic amide) rings is 1. The van der Waals surface area contributed by atoms with E-state index in [-0.39, 0.29) is 29.3 Å². The van der Waals surface area contributed by atoms with Gasteiger partial charge in [-0.25, -0.2) is 9.78 Å². The van der Waals surface area contributed by atoms with Gasteiger partial charge in [0.1, 0.15) is 22.5 Å². The van der Waals surface area contributed by atoms with Crippen molar-refractivity contribution in [2.75, 3.05) is 19.6 Å². The first-order valence-corrected chi connectivity index (χ1v) is 11.3. The molecule has 31 heavy (non-hydrogen) atoms. The van der Waals surface area contributed by atoms with Gasteiger partial charge >= 0.3 is 5.97 Å². The van der Waals surface area contributed by atoms with Crippen molar-refractivity contribution in [1.82, 2.24) is 19.2 Å². The number of carbonyl (C=O) groups is 3. The number of aliphatic hydroxyl groups is 1. The highest BCUT2D eigenvalue weighted by atomic mass is 32.1. The first-order valence-electron chi connectivity index (χ1n) is 10.5. The van der Waals surface area contributed by atoms with Crippen molar-refractivity contribution in [3.05, 3.63) is 28.8 Å². The molecule has 5 heterocycles. The van der Waals surface area contributed by atoms with Crippen molar-refractivity contribution < 1.29 is 24.6 Å². The predicted octanol–water partition coefficient (Wildman–Crippen LogP) is 1.33. The number of aromatic nitrogens is 2. The highest BCUT2D eigenvalue weighted by Gasteiger charge is 2.60. The van der Waals surface area contributed by atoms with Crippen LogP contribution >= 0.6 is 11.3 Å². The fourth-order valence-electron chi connectivity index (χ4n) is 5.23. The molecule has 0 aliphatic carbocycles. The van der Waals surface area contributed by atoms with E-state index in [1.165, 1.54) is 16.2 Å². The summed E-state index contributed by atoms with van der Waals surface area (Å²) in [6, 6.07) is -0.371. The average molecular weight is 445 g/mol. The molecule has 2 saturated heterocycles. The molecule has 0 saturated carbocycles. The van der Waals surface area contributed by atoms with Gasteiger partial charge in [-0.3, -0.25) is 18.9 Å². The number of amides is 1. The minimum absolute atomic E-state index is 0.0261. The average Bonchev–Trinajstić information content (AvgIpc) is 3.44. The molecule has 2 fully saturated rings. The Kier molecular flexibility index (Phi) is 4.76. The van der Waals surface area contributed by atoms with Crippen molar-refractivity contribution in [3.63, 3.8) is 0 Å². The normalized spacial score (nSPS) is 27.1. The van der Waals surface area contributed by atoms with E-state index in [1.807, 2.05) is 6.92 Å². The number of aliphatic hydroxyl groups excluding tert-OH is 1. The molecule has 2 aromatic rings. The maximum absolute atomic E-state index is 12.8. The Bertz CT molecular complexity index is 1130. The second kappa shape index (κ2) is 7.25. The summed E-state index contributed by atoms with van der Waals surface area (Å²) in [7, 11) is 0. The van der Waals surface area contributed by atoms with Gasteiger partial charge in [-0.05, 0) is 32.9 Å². The molecule has 5 rings (SSSR count). The van der Waals surface area contributed by atoms with Crippen LogP contribution in [0.2, 0.25) is 0 Å². The maximum atomic E-state index is 12.8. The quantitative estimate of drug-likeness (QED) is 0.510. The molecule has 0 radical (unpaired) electrons. The summed E-state index contributed by atoms with van der Waals surface area (Å²) in [6.45, 7) is 5.61. The molecule has 10 heteroatoms. The molecule has 4 atom stereocenters. The highest BCUT2D eigenvalue weighted by molar-refractivity contribution is 7.18. The number of carbonyl (C=O) groups excluding carboxylic acids is 2. The predicted molar refractivity (Wildman–Crippen MR) is 113 cm³/mol. The second-order valence-electron chi connectivity index (χ2n) is 8.63. The van der Waals surface area contributed by atoms with E-state index in [9.17, 15) is 24.6 Å². The minimum atomic E-state index is -1.16. The number of imidazole rings is 1. The van der Waals surface area contributed by atoms with Gasteiger partial charge in [-0.15, -0.1) is 11.3 Å². The summed E-state index contributed by atoms with van der Waals surface area (Å²) >= 11 is 1.32. The Labute approximate surface area is 182 Å². The number of carboxylic acid groups (broad SMARTS) is 1. The van der Waals surface area contributed by atoms with Crippen molar-refractivity contribution in [2.24, 2.45) is 11.8 Å². The Morgan fingerprint density at radius 1 is 1.32 bits per heavy atom.